The summed E-state index contributed by atoms with van der Waals surface area (Å²) in [6.07, 6.45) is 0. The predicted octanol–water partition coefficient (Wildman–Crippen LogP) is 2.42. The van der Waals surface area contributed by atoms with Gasteiger partial charge in [-0.05, 0) is 29.8 Å². The number of methoxy groups -OCH3 is 1. The molecule has 6 nitrogen and oxygen atoms in total. The van der Waals surface area contributed by atoms with E-state index < -0.39 is 22.0 Å². The lowest BCUT2D eigenvalue weighted by atomic mass is 10.1. The fourth-order valence-electron chi connectivity index (χ4n) is 2.22. The van der Waals surface area contributed by atoms with Crippen LogP contribution in [0.3, 0.4) is 0 Å². The van der Waals surface area contributed by atoms with Gasteiger partial charge >= 0.3 is 0 Å². The van der Waals surface area contributed by atoms with E-state index in [1.807, 2.05) is 0 Å². The summed E-state index contributed by atoms with van der Waals surface area (Å²) in [7, 11) is -0.896. The van der Waals surface area contributed by atoms with Crippen LogP contribution in [0.2, 0.25) is 5.02 Å². The summed E-state index contributed by atoms with van der Waals surface area (Å²) in [5, 5.41) is 0.492. The second-order valence-electron chi connectivity index (χ2n) is 5.37. The van der Waals surface area contributed by atoms with Crippen molar-refractivity contribution in [1.29, 1.82) is 0 Å². The smallest absolute Gasteiger partial charge is 0.246 e. The quantitative estimate of drug-likeness (QED) is 0.746. The van der Waals surface area contributed by atoms with E-state index in [9.17, 15) is 13.2 Å². The van der Waals surface area contributed by atoms with Crippen LogP contribution in [-0.2, 0) is 19.6 Å². The molecule has 0 aliphatic rings. The standard InChI is InChI=1S/C17H19ClN2O4S/c1-20(12-24-2)17(21)16(13-8-10-14(18)11-9-13)19-25(22,23)15-6-4-3-5-7-15/h3-11,16,19H,12H2,1-2H3. The van der Waals surface area contributed by atoms with Crippen molar-refractivity contribution in [2.45, 2.75) is 10.9 Å². The van der Waals surface area contributed by atoms with E-state index in [1.165, 1.54) is 31.2 Å². The second kappa shape index (κ2) is 8.44. The van der Waals surface area contributed by atoms with Crippen molar-refractivity contribution in [1.82, 2.24) is 9.62 Å². The van der Waals surface area contributed by atoms with E-state index in [-0.39, 0.29) is 11.6 Å². The summed E-state index contributed by atoms with van der Waals surface area (Å²) in [4.78, 5) is 14.1. The van der Waals surface area contributed by atoms with Gasteiger partial charge in [-0.25, -0.2) is 8.42 Å². The van der Waals surface area contributed by atoms with Crippen molar-refractivity contribution in [3.8, 4) is 0 Å². The molecule has 0 saturated carbocycles. The number of amides is 1. The maximum atomic E-state index is 12.7. The Morgan fingerprint density at radius 3 is 2.32 bits per heavy atom. The normalized spacial score (nSPS) is 12.6. The third-order valence-corrected chi connectivity index (χ3v) is 5.17. The Kier molecular flexibility index (Phi) is 6.55. The molecule has 8 heteroatoms. The molecule has 0 fully saturated rings. The van der Waals surface area contributed by atoms with Gasteiger partial charge in [-0.15, -0.1) is 0 Å². The first-order chi connectivity index (χ1) is 11.8. The minimum atomic E-state index is -3.88. The molecule has 0 spiro atoms. The number of nitrogens with zero attached hydrogens (tertiary/aromatic N) is 1. The molecule has 0 saturated heterocycles. The van der Waals surface area contributed by atoms with Gasteiger partial charge in [-0.1, -0.05) is 41.9 Å². The molecule has 1 unspecified atom stereocenters. The molecular formula is C17H19ClN2O4S. The summed E-state index contributed by atoms with van der Waals surface area (Å²) < 4.78 is 32.7. The van der Waals surface area contributed by atoms with Crippen LogP contribution in [0.5, 0.6) is 0 Å². The maximum Gasteiger partial charge on any atom is 0.246 e. The van der Waals surface area contributed by atoms with Crippen LogP contribution in [0.4, 0.5) is 0 Å². The van der Waals surface area contributed by atoms with Gasteiger partial charge in [-0.3, -0.25) is 4.79 Å². The van der Waals surface area contributed by atoms with Crippen LogP contribution in [0.15, 0.2) is 59.5 Å². The molecule has 0 aliphatic carbocycles. The van der Waals surface area contributed by atoms with Crippen molar-refractivity contribution in [2.24, 2.45) is 0 Å². The lowest BCUT2D eigenvalue weighted by Crippen LogP contribution is -2.41. The molecule has 2 aromatic rings. The summed E-state index contributed by atoms with van der Waals surface area (Å²) in [5.41, 5.74) is 0.483. The number of hydrogen-bond acceptors (Lipinski definition) is 4. The number of benzene rings is 2. The van der Waals surface area contributed by atoms with Crippen LogP contribution < -0.4 is 4.72 Å². The number of sulfonamides is 1. The van der Waals surface area contributed by atoms with Gasteiger partial charge in [0, 0.05) is 19.2 Å². The molecule has 0 aromatic heterocycles. The average Bonchev–Trinajstić information content (AvgIpc) is 2.61. The molecule has 134 valence electrons. The zero-order chi connectivity index (χ0) is 18.4. The maximum absolute atomic E-state index is 12.7. The van der Waals surface area contributed by atoms with Gasteiger partial charge in [0.25, 0.3) is 0 Å². The van der Waals surface area contributed by atoms with Crippen molar-refractivity contribution < 1.29 is 17.9 Å². The minimum Gasteiger partial charge on any atom is -0.364 e. The molecule has 2 rings (SSSR count). The molecule has 25 heavy (non-hydrogen) atoms. The number of rotatable bonds is 7. The van der Waals surface area contributed by atoms with Gasteiger partial charge in [0.15, 0.2) is 0 Å². The number of hydrogen-bond donors (Lipinski definition) is 1. The first-order valence-electron chi connectivity index (χ1n) is 7.42. The summed E-state index contributed by atoms with van der Waals surface area (Å²) in [6, 6.07) is 13.2. The molecular weight excluding hydrogens is 364 g/mol. The zero-order valence-electron chi connectivity index (χ0n) is 13.8. The largest absolute Gasteiger partial charge is 0.364 e. The highest BCUT2D eigenvalue weighted by atomic mass is 35.5. The molecule has 1 atom stereocenters. The Hall–Kier alpha value is -1.93. The Balaban J connectivity index is 2.38. The fraction of sp³-hybridized carbons (Fsp3) is 0.235. The molecule has 1 amide bonds. The molecule has 2 aromatic carbocycles. The highest BCUT2D eigenvalue weighted by molar-refractivity contribution is 7.89. The summed E-state index contributed by atoms with van der Waals surface area (Å²) in [6.45, 7) is 0.0377. The second-order valence-corrected chi connectivity index (χ2v) is 7.52. The Bertz CT molecular complexity index is 810. The van der Waals surface area contributed by atoms with E-state index >= 15 is 0 Å². The van der Waals surface area contributed by atoms with E-state index in [4.69, 9.17) is 16.3 Å². The highest BCUT2D eigenvalue weighted by Gasteiger charge is 2.29. The first kappa shape index (κ1) is 19.4. The Morgan fingerprint density at radius 1 is 1.16 bits per heavy atom. The predicted molar refractivity (Wildman–Crippen MR) is 95.6 cm³/mol. The average molecular weight is 383 g/mol. The van der Waals surface area contributed by atoms with Crippen LogP contribution in [0, 0.1) is 0 Å². The zero-order valence-corrected chi connectivity index (χ0v) is 15.4. The Morgan fingerprint density at radius 2 is 1.76 bits per heavy atom. The molecule has 0 bridgehead atoms. The number of carbonyl (C=O) groups is 1. The molecule has 1 N–H and O–H groups in total. The van der Waals surface area contributed by atoms with Gasteiger partial charge in [-0.2, -0.15) is 4.72 Å². The van der Waals surface area contributed by atoms with E-state index in [2.05, 4.69) is 4.72 Å². The number of halogens is 1. The van der Waals surface area contributed by atoms with E-state index in [0.29, 0.717) is 10.6 Å². The van der Waals surface area contributed by atoms with Gasteiger partial charge in [0.05, 0.1) is 4.90 Å². The lowest BCUT2D eigenvalue weighted by molar-refractivity contribution is -0.136. The summed E-state index contributed by atoms with van der Waals surface area (Å²) >= 11 is 5.88. The van der Waals surface area contributed by atoms with E-state index in [0.717, 1.165) is 0 Å². The lowest BCUT2D eigenvalue weighted by Gasteiger charge is -2.24. The van der Waals surface area contributed by atoms with Gasteiger partial charge in [0.1, 0.15) is 12.8 Å². The monoisotopic (exact) mass is 382 g/mol. The molecule has 0 heterocycles. The summed E-state index contributed by atoms with van der Waals surface area (Å²) in [5.74, 6) is -0.441. The van der Waals surface area contributed by atoms with Gasteiger partial charge < -0.3 is 9.64 Å². The van der Waals surface area contributed by atoms with Crippen LogP contribution in [-0.4, -0.2) is 40.1 Å². The van der Waals surface area contributed by atoms with Crippen molar-refractivity contribution in [2.75, 3.05) is 20.9 Å². The van der Waals surface area contributed by atoms with Crippen molar-refractivity contribution in [3.63, 3.8) is 0 Å². The minimum absolute atomic E-state index is 0.0377. The Labute approximate surface area is 152 Å². The first-order valence-corrected chi connectivity index (χ1v) is 9.28. The van der Waals surface area contributed by atoms with Crippen molar-refractivity contribution >= 4 is 27.5 Å². The number of carbonyl (C=O) groups excluding carboxylic acids is 1. The van der Waals surface area contributed by atoms with Crippen LogP contribution >= 0.6 is 11.6 Å². The van der Waals surface area contributed by atoms with Crippen molar-refractivity contribution in [3.05, 3.63) is 65.2 Å². The topological polar surface area (TPSA) is 75.7 Å². The number of ether oxygens (including phenoxy) is 1. The van der Waals surface area contributed by atoms with Gasteiger partial charge in [0.2, 0.25) is 15.9 Å². The SMILES string of the molecule is COCN(C)C(=O)C(NS(=O)(=O)c1ccccc1)c1ccc(Cl)cc1. The van der Waals surface area contributed by atoms with Crippen LogP contribution in [0.1, 0.15) is 11.6 Å². The number of likely N-dealkylation sites (N-methyl/N-ethyl adjacent to an activating group) is 1. The molecule has 0 radical (unpaired) electrons. The highest BCUT2D eigenvalue weighted by Crippen LogP contribution is 2.21. The molecule has 0 aliphatic heterocycles. The third-order valence-electron chi connectivity index (χ3n) is 3.48. The van der Waals surface area contributed by atoms with Crippen LogP contribution in [0.25, 0.3) is 0 Å². The van der Waals surface area contributed by atoms with E-state index in [1.54, 1.807) is 42.5 Å². The third kappa shape index (κ3) is 5.02. The number of nitrogens with one attached hydrogen (secondary N) is 1. The fourth-order valence-corrected chi connectivity index (χ4v) is 3.54.